The van der Waals surface area contributed by atoms with Crippen molar-refractivity contribution in [1.29, 1.82) is 0 Å². The van der Waals surface area contributed by atoms with Crippen molar-refractivity contribution in [2.45, 2.75) is 6.10 Å². The van der Waals surface area contributed by atoms with Gasteiger partial charge in [-0.1, -0.05) is 12.7 Å². The van der Waals surface area contributed by atoms with E-state index in [1.165, 1.54) is 18.4 Å². The molecule has 0 aliphatic heterocycles. The van der Waals surface area contributed by atoms with Crippen LogP contribution >= 0.6 is 0 Å². The third-order valence-electron chi connectivity index (χ3n) is 2.45. The summed E-state index contributed by atoms with van der Waals surface area (Å²) >= 11 is 0. The highest BCUT2D eigenvalue weighted by atomic mass is 19.2. The third kappa shape index (κ3) is 2.63. The highest BCUT2D eigenvalue weighted by molar-refractivity contribution is 5.40. The molecule has 4 nitrogen and oxygen atoms in total. The van der Waals surface area contributed by atoms with Crippen molar-refractivity contribution in [1.82, 2.24) is 4.98 Å². The second-order valence-corrected chi connectivity index (χ2v) is 3.70. The monoisotopic (exact) mass is 267 g/mol. The van der Waals surface area contributed by atoms with Crippen molar-refractivity contribution in [3.63, 3.8) is 0 Å². The van der Waals surface area contributed by atoms with E-state index < -0.39 is 17.7 Å². The molecular formula is C13H11F2NO3. The zero-order chi connectivity index (χ0) is 13.8. The summed E-state index contributed by atoms with van der Waals surface area (Å²) in [6.45, 7) is 3.41. The van der Waals surface area contributed by atoms with E-state index in [4.69, 9.17) is 9.15 Å². The van der Waals surface area contributed by atoms with Crippen molar-refractivity contribution in [2.24, 2.45) is 0 Å². The van der Waals surface area contributed by atoms with Gasteiger partial charge < -0.3 is 14.3 Å². The molecule has 1 heterocycles. The fourth-order valence-corrected chi connectivity index (χ4v) is 1.57. The number of benzene rings is 1. The van der Waals surface area contributed by atoms with E-state index in [2.05, 4.69) is 11.6 Å². The van der Waals surface area contributed by atoms with Gasteiger partial charge in [0.15, 0.2) is 18.0 Å². The highest BCUT2D eigenvalue weighted by Crippen LogP contribution is 2.32. The molecular weight excluding hydrogens is 256 g/mol. The molecule has 0 fully saturated rings. The summed E-state index contributed by atoms with van der Waals surface area (Å²) in [6, 6.07) is 2.14. The van der Waals surface area contributed by atoms with Gasteiger partial charge in [0.25, 0.3) is 0 Å². The lowest BCUT2D eigenvalue weighted by Gasteiger charge is -2.15. The molecule has 0 aliphatic rings. The number of rotatable bonds is 5. The van der Waals surface area contributed by atoms with Gasteiger partial charge >= 0.3 is 0 Å². The molecule has 6 heteroatoms. The van der Waals surface area contributed by atoms with E-state index >= 15 is 0 Å². The molecule has 1 unspecified atom stereocenters. The Labute approximate surface area is 108 Å². The van der Waals surface area contributed by atoms with Crippen LogP contribution in [0.5, 0.6) is 5.75 Å². The minimum atomic E-state index is -1.27. The van der Waals surface area contributed by atoms with Crippen LogP contribution in [0.15, 0.2) is 41.9 Å². The van der Waals surface area contributed by atoms with Crippen LogP contribution in [-0.2, 0) is 0 Å². The average Bonchev–Trinajstić information content (AvgIpc) is 2.93. The van der Waals surface area contributed by atoms with Crippen molar-refractivity contribution >= 4 is 0 Å². The molecule has 1 aromatic carbocycles. The first kappa shape index (κ1) is 13.2. The second kappa shape index (κ2) is 5.62. The fourth-order valence-electron chi connectivity index (χ4n) is 1.57. The maximum atomic E-state index is 13.7. The minimum Gasteiger partial charge on any atom is -0.486 e. The first-order chi connectivity index (χ1) is 9.15. The number of aliphatic hydroxyl groups is 1. The Hall–Kier alpha value is -2.21. The molecule has 0 radical (unpaired) electrons. The van der Waals surface area contributed by atoms with Crippen LogP contribution in [0, 0.1) is 11.6 Å². The van der Waals surface area contributed by atoms with E-state index in [1.807, 2.05) is 0 Å². The summed E-state index contributed by atoms with van der Waals surface area (Å²) in [5, 5.41) is 10.1. The number of aliphatic hydroxyl groups excluding tert-OH is 1. The Balaban J connectivity index is 2.44. The fraction of sp³-hybridized carbons (Fsp3) is 0.154. The summed E-state index contributed by atoms with van der Waals surface area (Å²) in [5.41, 5.74) is 0.240. The Kier molecular flexibility index (Phi) is 3.91. The molecule has 1 atom stereocenters. The number of halogens is 2. The van der Waals surface area contributed by atoms with Gasteiger partial charge in [-0.25, -0.2) is 9.37 Å². The van der Waals surface area contributed by atoms with Crippen LogP contribution in [0.4, 0.5) is 8.78 Å². The third-order valence-corrected chi connectivity index (χ3v) is 2.45. The Morgan fingerprint density at radius 3 is 2.89 bits per heavy atom. The van der Waals surface area contributed by atoms with Gasteiger partial charge in [-0.15, -0.1) is 0 Å². The SMILES string of the molecule is C=CCOc1c(C(O)c2cocn2)ccc(F)c1F. The topological polar surface area (TPSA) is 55.5 Å². The number of nitrogens with zero attached hydrogens (tertiary/aromatic N) is 1. The summed E-state index contributed by atoms with van der Waals surface area (Å²) in [5.74, 6) is -2.59. The molecule has 100 valence electrons. The summed E-state index contributed by atoms with van der Waals surface area (Å²) in [4.78, 5) is 3.76. The number of aromatic nitrogens is 1. The van der Waals surface area contributed by atoms with Gasteiger partial charge in [-0.3, -0.25) is 0 Å². The van der Waals surface area contributed by atoms with Crippen LogP contribution in [0.3, 0.4) is 0 Å². The normalized spacial score (nSPS) is 12.2. The van der Waals surface area contributed by atoms with E-state index in [-0.39, 0.29) is 23.6 Å². The summed E-state index contributed by atoms with van der Waals surface area (Å²) < 4.78 is 36.7. The number of hydrogen-bond donors (Lipinski definition) is 1. The van der Waals surface area contributed by atoms with Crippen LogP contribution in [0.1, 0.15) is 17.4 Å². The molecule has 19 heavy (non-hydrogen) atoms. The Morgan fingerprint density at radius 2 is 2.26 bits per heavy atom. The van der Waals surface area contributed by atoms with Gasteiger partial charge in [0.1, 0.15) is 24.7 Å². The van der Waals surface area contributed by atoms with Gasteiger partial charge in [-0.05, 0) is 12.1 Å². The van der Waals surface area contributed by atoms with E-state index in [0.717, 1.165) is 12.5 Å². The zero-order valence-corrected chi connectivity index (χ0v) is 9.85. The van der Waals surface area contributed by atoms with Gasteiger partial charge in [0, 0.05) is 5.56 Å². The molecule has 0 aliphatic carbocycles. The van der Waals surface area contributed by atoms with Gasteiger partial charge in [0.2, 0.25) is 5.82 Å². The van der Waals surface area contributed by atoms with E-state index in [0.29, 0.717) is 0 Å². The molecule has 0 spiro atoms. The first-order valence-electron chi connectivity index (χ1n) is 5.43. The lowest BCUT2D eigenvalue weighted by Crippen LogP contribution is -2.07. The van der Waals surface area contributed by atoms with Gasteiger partial charge in [-0.2, -0.15) is 4.39 Å². The highest BCUT2D eigenvalue weighted by Gasteiger charge is 2.23. The average molecular weight is 267 g/mol. The zero-order valence-electron chi connectivity index (χ0n) is 9.85. The van der Waals surface area contributed by atoms with Crippen LogP contribution in [0.25, 0.3) is 0 Å². The molecule has 1 aromatic heterocycles. The predicted molar refractivity (Wildman–Crippen MR) is 62.6 cm³/mol. The quantitative estimate of drug-likeness (QED) is 0.846. The van der Waals surface area contributed by atoms with Crippen molar-refractivity contribution in [2.75, 3.05) is 6.61 Å². The minimum absolute atomic E-state index is 0.0150. The van der Waals surface area contributed by atoms with E-state index in [9.17, 15) is 13.9 Å². The van der Waals surface area contributed by atoms with E-state index in [1.54, 1.807) is 0 Å². The smallest absolute Gasteiger partial charge is 0.201 e. The lowest BCUT2D eigenvalue weighted by molar-refractivity contribution is 0.205. The number of hydrogen-bond acceptors (Lipinski definition) is 4. The van der Waals surface area contributed by atoms with Gasteiger partial charge in [0.05, 0.1) is 0 Å². The number of oxazole rings is 1. The standard InChI is InChI=1S/C13H11F2NO3/c1-2-5-19-13-8(3-4-9(14)11(13)15)12(17)10-6-18-7-16-10/h2-4,6-7,12,17H,1,5H2. The maximum absolute atomic E-state index is 13.7. The summed E-state index contributed by atoms with van der Waals surface area (Å²) in [7, 11) is 0. The lowest BCUT2D eigenvalue weighted by atomic mass is 10.1. The van der Waals surface area contributed by atoms with Crippen molar-refractivity contribution < 1.29 is 23.0 Å². The largest absolute Gasteiger partial charge is 0.486 e. The molecule has 0 bridgehead atoms. The second-order valence-electron chi connectivity index (χ2n) is 3.70. The molecule has 2 rings (SSSR count). The molecule has 1 N–H and O–H groups in total. The van der Waals surface area contributed by atoms with Crippen molar-refractivity contribution in [3.8, 4) is 5.75 Å². The number of ether oxygens (including phenoxy) is 1. The van der Waals surface area contributed by atoms with Crippen molar-refractivity contribution in [3.05, 3.63) is 60.3 Å². The molecule has 2 aromatic rings. The molecule has 0 saturated heterocycles. The Bertz CT molecular complexity index is 570. The molecule has 0 saturated carbocycles. The maximum Gasteiger partial charge on any atom is 0.201 e. The van der Waals surface area contributed by atoms with Crippen LogP contribution in [-0.4, -0.2) is 16.7 Å². The van der Waals surface area contributed by atoms with Crippen LogP contribution in [0.2, 0.25) is 0 Å². The first-order valence-corrected chi connectivity index (χ1v) is 5.43. The summed E-state index contributed by atoms with van der Waals surface area (Å²) in [6.07, 6.45) is 2.45. The van der Waals surface area contributed by atoms with Crippen LogP contribution < -0.4 is 4.74 Å². The molecule has 0 amide bonds. The predicted octanol–water partition coefficient (Wildman–Crippen LogP) is 2.60. The Morgan fingerprint density at radius 1 is 1.47 bits per heavy atom.